The summed E-state index contributed by atoms with van der Waals surface area (Å²) in [5, 5.41) is 0.919. The van der Waals surface area contributed by atoms with Gasteiger partial charge in [-0.3, -0.25) is 4.98 Å². The van der Waals surface area contributed by atoms with Crippen molar-refractivity contribution in [2.24, 2.45) is 0 Å². The highest BCUT2D eigenvalue weighted by Crippen LogP contribution is 2.37. The zero-order chi connectivity index (χ0) is 19.4. The van der Waals surface area contributed by atoms with Crippen LogP contribution in [-0.2, 0) is 11.3 Å². The Hall–Kier alpha value is -2.57. The summed E-state index contributed by atoms with van der Waals surface area (Å²) in [6.45, 7) is 6.51. The SMILES string of the molecule is CC.COCc1cnc2c(-c3nc4c(OC)cccc4s3)cc(C)cc2n1. The third-order valence-electron chi connectivity index (χ3n) is 3.97. The highest BCUT2D eigenvalue weighted by Gasteiger charge is 2.15. The second-order valence-corrected chi connectivity index (χ2v) is 6.83. The van der Waals surface area contributed by atoms with Gasteiger partial charge >= 0.3 is 0 Å². The molecule has 4 rings (SSSR count). The molecule has 4 aromatic rings. The number of fused-ring (bicyclic) bond motifs is 2. The average molecular weight is 382 g/mol. The Labute approximate surface area is 163 Å². The van der Waals surface area contributed by atoms with Crippen LogP contribution in [0.1, 0.15) is 25.1 Å². The molecule has 2 aromatic heterocycles. The molecule has 2 heterocycles. The van der Waals surface area contributed by atoms with E-state index in [9.17, 15) is 0 Å². The van der Waals surface area contributed by atoms with Crippen LogP contribution in [0.25, 0.3) is 31.8 Å². The van der Waals surface area contributed by atoms with Crippen molar-refractivity contribution in [1.29, 1.82) is 0 Å². The molecule has 0 saturated heterocycles. The van der Waals surface area contributed by atoms with Crippen molar-refractivity contribution < 1.29 is 9.47 Å². The summed E-state index contributed by atoms with van der Waals surface area (Å²) in [4.78, 5) is 14.1. The van der Waals surface area contributed by atoms with E-state index in [1.807, 2.05) is 32.0 Å². The monoisotopic (exact) mass is 381 g/mol. The van der Waals surface area contributed by atoms with Gasteiger partial charge < -0.3 is 9.47 Å². The van der Waals surface area contributed by atoms with Crippen molar-refractivity contribution in [3.8, 4) is 16.3 Å². The van der Waals surface area contributed by atoms with E-state index in [1.54, 1.807) is 31.8 Å². The number of hydrogen-bond acceptors (Lipinski definition) is 6. The molecule has 0 aliphatic rings. The topological polar surface area (TPSA) is 57.1 Å². The summed E-state index contributed by atoms with van der Waals surface area (Å²) < 4.78 is 11.7. The molecule has 0 amide bonds. The number of aromatic nitrogens is 3. The van der Waals surface area contributed by atoms with Gasteiger partial charge in [0.05, 0.1) is 41.3 Å². The summed E-state index contributed by atoms with van der Waals surface area (Å²) >= 11 is 1.63. The molecule has 6 heteroatoms. The van der Waals surface area contributed by atoms with Gasteiger partial charge in [-0.2, -0.15) is 0 Å². The Morgan fingerprint density at radius 3 is 2.59 bits per heavy atom. The van der Waals surface area contributed by atoms with Gasteiger partial charge in [0.15, 0.2) is 0 Å². The van der Waals surface area contributed by atoms with E-state index < -0.39 is 0 Å². The van der Waals surface area contributed by atoms with Crippen LogP contribution in [0.3, 0.4) is 0 Å². The maximum atomic E-state index is 5.43. The first-order valence-electron chi connectivity index (χ1n) is 8.88. The van der Waals surface area contributed by atoms with Gasteiger partial charge in [0.25, 0.3) is 0 Å². The molecule has 0 N–H and O–H groups in total. The molecule has 27 heavy (non-hydrogen) atoms. The standard InChI is InChI=1S/C19H17N3O2S.C2H6/c1-11-7-13(17-14(8-11)21-12(9-20-17)10-23-2)19-22-18-15(24-3)5-4-6-16(18)25-19;1-2/h4-9H,10H2,1-3H3;1-2H3. The normalized spacial score (nSPS) is 10.7. The predicted molar refractivity (Wildman–Crippen MR) is 112 cm³/mol. The molecule has 0 aliphatic heterocycles. The second-order valence-electron chi connectivity index (χ2n) is 5.80. The summed E-state index contributed by atoms with van der Waals surface area (Å²) in [5.41, 5.74) is 5.52. The summed E-state index contributed by atoms with van der Waals surface area (Å²) in [6.07, 6.45) is 1.76. The number of rotatable bonds is 4. The van der Waals surface area contributed by atoms with E-state index in [0.29, 0.717) is 6.61 Å². The molecule has 0 atom stereocenters. The minimum absolute atomic E-state index is 0.449. The summed E-state index contributed by atoms with van der Waals surface area (Å²) in [7, 11) is 3.32. The lowest BCUT2D eigenvalue weighted by molar-refractivity contribution is 0.181. The molecule has 0 spiro atoms. The molecule has 2 aromatic carbocycles. The molecule has 0 unspecified atom stereocenters. The number of para-hydroxylation sites is 1. The predicted octanol–water partition coefficient (Wildman–Crippen LogP) is 5.40. The van der Waals surface area contributed by atoms with Gasteiger partial charge in [0.1, 0.15) is 16.3 Å². The van der Waals surface area contributed by atoms with E-state index in [2.05, 4.69) is 29.0 Å². The third kappa shape index (κ3) is 3.77. The Morgan fingerprint density at radius 1 is 1.04 bits per heavy atom. The lowest BCUT2D eigenvalue weighted by atomic mass is 10.1. The van der Waals surface area contributed by atoms with Crippen LogP contribution in [0, 0.1) is 6.92 Å². The van der Waals surface area contributed by atoms with Crippen molar-refractivity contribution in [3.05, 3.63) is 47.8 Å². The molecular formula is C21H23N3O2S. The second kappa shape index (κ2) is 8.41. The zero-order valence-corrected chi connectivity index (χ0v) is 17.1. The van der Waals surface area contributed by atoms with Crippen LogP contribution < -0.4 is 4.74 Å². The average Bonchev–Trinajstić information content (AvgIpc) is 3.13. The minimum atomic E-state index is 0.449. The Bertz CT molecular complexity index is 1080. The van der Waals surface area contributed by atoms with Crippen molar-refractivity contribution in [3.63, 3.8) is 0 Å². The molecule has 0 fully saturated rings. The zero-order valence-electron chi connectivity index (χ0n) is 16.2. The molecule has 140 valence electrons. The van der Waals surface area contributed by atoms with Gasteiger partial charge in [0.2, 0.25) is 0 Å². The van der Waals surface area contributed by atoms with Crippen LogP contribution in [0.15, 0.2) is 36.5 Å². The van der Waals surface area contributed by atoms with Crippen LogP contribution in [-0.4, -0.2) is 29.2 Å². The first-order valence-corrected chi connectivity index (χ1v) is 9.70. The van der Waals surface area contributed by atoms with E-state index in [0.717, 1.165) is 48.8 Å². The highest BCUT2D eigenvalue weighted by molar-refractivity contribution is 7.21. The fourth-order valence-electron chi connectivity index (χ4n) is 2.89. The molecular weight excluding hydrogens is 358 g/mol. The molecule has 5 nitrogen and oxygen atoms in total. The van der Waals surface area contributed by atoms with Gasteiger partial charge in [-0.25, -0.2) is 9.97 Å². The Kier molecular flexibility index (Phi) is 5.98. The van der Waals surface area contributed by atoms with Crippen LogP contribution >= 0.6 is 11.3 Å². The highest BCUT2D eigenvalue weighted by atomic mass is 32.1. The largest absolute Gasteiger partial charge is 0.494 e. The van der Waals surface area contributed by atoms with Crippen molar-refractivity contribution in [2.75, 3.05) is 14.2 Å². The minimum Gasteiger partial charge on any atom is -0.494 e. The number of methoxy groups -OCH3 is 2. The van der Waals surface area contributed by atoms with Gasteiger partial charge in [-0.15, -0.1) is 11.3 Å². The number of ether oxygens (including phenoxy) is 2. The van der Waals surface area contributed by atoms with Crippen LogP contribution in [0.5, 0.6) is 5.75 Å². The fraction of sp³-hybridized carbons (Fsp3) is 0.286. The van der Waals surface area contributed by atoms with Crippen molar-refractivity contribution in [1.82, 2.24) is 15.0 Å². The van der Waals surface area contributed by atoms with E-state index >= 15 is 0 Å². The summed E-state index contributed by atoms with van der Waals surface area (Å²) in [6, 6.07) is 10.1. The quantitative estimate of drug-likeness (QED) is 0.474. The number of nitrogens with zero attached hydrogens (tertiary/aromatic N) is 3. The number of hydrogen-bond donors (Lipinski definition) is 0. The van der Waals surface area contributed by atoms with E-state index in [-0.39, 0.29) is 0 Å². The molecule has 0 saturated carbocycles. The summed E-state index contributed by atoms with van der Waals surface area (Å²) in [5.74, 6) is 0.783. The fourth-order valence-corrected chi connectivity index (χ4v) is 3.89. The van der Waals surface area contributed by atoms with Gasteiger partial charge in [0, 0.05) is 12.7 Å². The number of thiazole rings is 1. The molecule has 0 aliphatic carbocycles. The third-order valence-corrected chi connectivity index (χ3v) is 5.02. The first kappa shape index (κ1) is 19.2. The lowest BCUT2D eigenvalue weighted by Crippen LogP contribution is -1.96. The van der Waals surface area contributed by atoms with Gasteiger partial charge in [-0.1, -0.05) is 19.9 Å². The van der Waals surface area contributed by atoms with Crippen molar-refractivity contribution in [2.45, 2.75) is 27.4 Å². The number of aryl methyl sites for hydroxylation is 1. The van der Waals surface area contributed by atoms with Crippen molar-refractivity contribution >= 4 is 32.6 Å². The van der Waals surface area contributed by atoms with Crippen LogP contribution in [0.2, 0.25) is 0 Å². The van der Waals surface area contributed by atoms with Crippen LogP contribution in [0.4, 0.5) is 0 Å². The van der Waals surface area contributed by atoms with Gasteiger partial charge in [-0.05, 0) is 36.8 Å². The smallest absolute Gasteiger partial charge is 0.145 e. The maximum absolute atomic E-state index is 5.43. The maximum Gasteiger partial charge on any atom is 0.145 e. The molecule has 0 radical (unpaired) electrons. The van der Waals surface area contributed by atoms with E-state index in [4.69, 9.17) is 14.5 Å². The lowest BCUT2D eigenvalue weighted by Gasteiger charge is -2.06. The van der Waals surface area contributed by atoms with E-state index in [1.165, 1.54) is 0 Å². The Balaban J connectivity index is 0.00000102. The first-order chi connectivity index (χ1) is 13.2. The molecule has 0 bridgehead atoms. The Morgan fingerprint density at radius 2 is 1.85 bits per heavy atom. The number of benzene rings is 2.